The number of halogens is 1. The zero-order valence-electron chi connectivity index (χ0n) is 7.88. The molecule has 4 nitrogen and oxygen atoms in total. The van der Waals surface area contributed by atoms with Crippen molar-refractivity contribution in [1.29, 1.82) is 0 Å². The minimum atomic E-state index is -0.0214. The van der Waals surface area contributed by atoms with Crippen LogP contribution in [0.4, 0.5) is 5.82 Å². The van der Waals surface area contributed by atoms with Crippen LogP contribution < -0.4 is 10.6 Å². The van der Waals surface area contributed by atoms with Gasteiger partial charge in [0.05, 0.1) is 4.47 Å². The third-order valence-corrected chi connectivity index (χ3v) is 2.19. The second kappa shape index (κ2) is 5.59. The van der Waals surface area contributed by atoms with E-state index >= 15 is 0 Å². The van der Waals surface area contributed by atoms with Crippen LogP contribution in [0.5, 0.6) is 0 Å². The summed E-state index contributed by atoms with van der Waals surface area (Å²) in [6, 6.07) is 3.76. The first-order valence-corrected chi connectivity index (χ1v) is 5.08. The largest absolute Gasteiger partial charge is 0.367 e. The normalized spacial score (nSPS) is 9.57. The SMILES string of the molecule is CC(=O)NCCNc1ncccc1Br. The number of pyridine rings is 1. The van der Waals surface area contributed by atoms with E-state index in [4.69, 9.17) is 0 Å². The molecule has 0 radical (unpaired) electrons. The lowest BCUT2D eigenvalue weighted by Gasteiger charge is -2.06. The standard InChI is InChI=1S/C9H12BrN3O/c1-7(14)11-5-6-13-9-8(10)3-2-4-12-9/h2-4H,5-6H2,1H3,(H,11,14)(H,12,13). The van der Waals surface area contributed by atoms with Crippen molar-refractivity contribution in [3.8, 4) is 0 Å². The molecule has 0 aliphatic heterocycles. The Morgan fingerprint density at radius 2 is 2.36 bits per heavy atom. The molecule has 0 spiro atoms. The molecule has 0 aliphatic carbocycles. The van der Waals surface area contributed by atoms with Crippen LogP contribution >= 0.6 is 15.9 Å². The van der Waals surface area contributed by atoms with Crippen molar-refractivity contribution in [2.75, 3.05) is 18.4 Å². The smallest absolute Gasteiger partial charge is 0.216 e. The van der Waals surface area contributed by atoms with E-state index in [-0.39, 0.29) is 5.91 Å². The Labute approximate surface area is 91.2 Å². The molecule has 76 valence electrons. The Bertz CT molecular complexity index is 317. The molecule has 1 heterocycles. The highest BCUT2D eigenvalue weighted by molar-refractivity contribution is 9.10. The number of rotatable bonds is 4. The molecule has 1 aromatic heterocycles. The molecule has 0 atom stereocenters. The molecule has 1 amide bonds. The van der Waals surface area contributed by atoms with Crippen molar-refractivity contribution in [2.24, 2.45) is 0 Å². The first kappa shape index (κ1) is 11.0. The van der Waals surface area contributed by atoms with Crippen molar-refractivity contribution < 1.29 is 4.79 Å². The summed E-state index contributed by atoms with van der Waals surface area (Å²) in [4.78, 5) is 14.7. The molecule has 0 saturated heterocycles. The van der Waals surface area contributed by atoms with E-state index in [1.807, 2.05) is 12.1 Å². The van der Waals surface area contributed by atoms with E-state index < -0.39 is 0 Å². The van der Waals surface area contributed by atoms with E-state index in [0.717, 1.165) is 10.3 Å². The Kier molecular flexibility index (Phi) is 4.39. The van der Waals surface area contributed by atoms with Crippen LogP contribution in [0.15, 0.2) is 22.8 Å². The van der Waals surface area contributed by atoms with Gasteiger partial charge in [0.1, 0.15) is 5.82 Å². The van der Waals surface area contributed by atoms with Crippen molar-refractivity contribution in [2.45, 2.75) is 6.92 Å². The van der Waals surface area contributed by atoms with Crippen LogP contribution in [0.25, 0.3) is 0 Å². The lowest BCUT2D eigenvalue weighted by Crippen LogP contribution is -2.26. The summed E-state index contributed by atoms with van der Waals surface area (Å²) < 4.78 is 0.919. The second-order valence-electron chi connectivity index (χ2n) is 2.74. The summed E-state index contributed by atoms with van der Waals surface area (Å²) >= 11 is 3.36. The molecule has 0 aromatic carbocycles. The van der Waals surface area contributed by atoms with Gasteiger partial charge in [0.15, 0.2) is 0 Å². The van der Waals surface area contributed by atoms with E-state index in [2.05, 4.69) is 31.5 Å². The first-order valence-electron chi connectivity index (χ1n) is 4.29. The Morgan fingerprint density at radius 3 is 3.00 bits per heavy atom. The number of nitrogens with zero attached hydrogens (tertiary/aromatic N) is 1. The highest BCUT2D eigenvalue weighted by Crippen LogP contribution is 2.17. The molecule has 5 heteroatoms. The van der Waals surface area contributed by atoms with Crippen LogP contribution in [0.2, 0.25) is 0 Å². The van der Waals surface area contributed by atoms with Gasteiger partial charge in [-0.2, -0.15) is 0 Å². The quantitative estimate of drug-likeness (QED) is 0.802. The highest BCUT2D eigenvalue weighted by atomic mass is 79.9. The zero-order valence-corrected chi connectivity index (χ0v) is 9.47. The molecule has 1 rings (SSSR count). The number of carbonyl (C=O) groups is 1. The summed E-state index contributed by atoms with van der Waals surface area (Å²) in [5.41, 5.74) is 0. The number of anilines is 1. The molecule has 0 bridgehead atoms. The molecule has 14 heavy (non-hydrogen) atoms. The summed E-state index contributed by atoms with van der Waals surface area (Å²) in [7, 11) is 0. The fourth-order valence-corrected chi connectivity index (χ4v) is 1.33. The van der Waals surface area contributed by atoms with Crippen LogP contribution in [-0.2, 0) is 4.79 Å². The van der Waals surface area contributed by atoms with Gasteiger partial charge in [-0.3, -0.25) is 4.79 Å². The first-order chi connectivity index (χ1) is 6.70. The summed E-state index contributed by atoms with van der Waals surface area (Å²) in [6.45, 7) is 2.75. The van der Waals surface area contributed by atoms with Gasteiger partial charge in [0, 0.05) is 26.2 Å². The molecule has 2 N–H and O–H groups in total. The van der Waals surface area contributed by atoms with Crippen molar-refractivity contribution in [3.05, 3.63) is 22.8 Å². The lowest BCUT2D eigenvalue weighted by molar-refractivity contribution is -0.118. The van der Waals surface area contributed by atoms with Gasteiger partial charge in [0.2, 0.25) is 5.91 Å². The maximum atomic E-state index is 10.6. The Hall–Kier alpha value is -1.10. The van der Waals surface area contributed by atoms with Gasteiger partial charge in [-0.15, -0.1) is 0 Å². The average Bonchev–Trinajstić information content (AvgIpc) is 2.15. The number of hydrogen-bond acceptors (Lipinski definition) is 3. The predicted molar refractivity (Wildman–Crippen MR) is 59.1 cm³/mol. The number of hydrogen-bond donors (Lipinski definition) is 2. The maximum absolute atomic E-state index is 10.6. The van der Waals surface area contributed by atoms with Gasteiger partial charge in [-0.05, 0) is 28.1 Å². The monoisotopic (exact) mass is 257 g/mol. The molecule has 0 saturated carbocycles. The highest BCUT2D eigenvalue weighted by Gasteiger charge is 1.97. The Morgan fingerprint density at radius 1 is 1.57 bits per heavy atom. The third kappa shape index (κ3) is 3.74. The average molecular weight is 258 g/mol. The van der Waals surface area contributed by atoms with Gasteiger partial charge in [-0.25, -0.2) is 4.98 Å². The van der Waals surface area contributed by atoms with Gasteiger partial charge >= 0.3 is 0 Å². The zero-order chi connectivity index (χ0) is 10.4. The minimum absolute atomic E-state index is 0.0214. The summed E-state index contributed by atoms with van der Waals surface area (Å²) in [5.74, 6) is 0.768. The second-order valence-corrected chi connectivity index (χ2v) is 3.60. The Balaban J connectivity index is 2.31. The molecule has 1 aromatic rings. The number of nitrogens with one attached hydrogen (secondary N) is 2. The molecular formula is C9H12BrN3O. The number of carbonyl (C=O) groups excluding carboxylic acids is 1. The summed E-state index contributed by atoms with van der Waals surface area (Å²) in [6.07, 6.45) is 1.71. The van der Waals surface area contributed by atoms with Gasteiger partial charge in [0.25, 0.3) is 0 Å². The van der Waals surface area contributed by atoms with Gasteiger partial charge < -0.3 is 10.6 Å². The van der Waals surface area contributed by atoms with Gasteiger partial charge in [-0.1, -0.05) is 0 Å². The fraction of sp³-hybridized carbons (Fsp3) is 0.333. The number of aromatic nitrogens is 1. The molecule has 0 aliphatic rings. The third-order valence-electron chi connectivity index (χ3n) is 1.55. The molecular weight excluding hydrogens is 246 g/mol. The van der Waals surface area contributed by atoms with Crippen molar-refractivity contribution >= 4 is 27.7 Å². The topological polar surface area (TPSA) is 54.0 Å². The van der Waals surface area contributed by atoms with Crippen LogP contribution in [0.1, 0.15) is 6.92 Å². The van der Waals surface area contributed by atoms with Crippen LogP contribution in [0.3, 0.4) is 0 Å². The van der Waals surface area contributed by atoms with Crippen LogP contribution in [0, 0.1) is 0 Å². The minimum Gasteiger partial charge on any atom is -0.367 e. The van der Waals surface area contributed by atoms with Crippen LogP contribution in [-0.4, -0.2) is 24.0 Å². The lowest BCUT2D eigenvalue weighted by atomic mass is 10.4. The van der Waals surface area contributed by atoms with Crippen molar-refractivity contribution in [1.82, 2.24) is 10.3 Å². The predicted octanol–water partition coefficient (Wildman–Crippen LogP) is 1.39. The fourth-order valence-electron chi connectivity index (χ4n) is 0.935. The van der Waals surface area contributed by atoms with E-state index in [1.165, 1.54) is 6.92 Å². The van der Waals surface area contributed by atoms with E-state index in [1.54, 1.807) is 6.20 Å². The van der Waals surface area contributed by atoms with E-state index in [0.29, 0.717) is 13.1 Å². The summed E-state index contributed by atoms with van der Waals surface area (Å²) in [5, 5.41) is 5.79. The molecule has 0 unspecified atom stereocenters. The van der Waals surface area contributed by atoms with Crippen molar-refractivity contribution in [3.63, 3.8) is 0 Å². The molecule has 0 fully saturated rings. The maximum Gasteiger partial charge on any atom is 0.216 e. The number of amides is 1. The van der Waals surface area contributed by atoms with E-state index in [9.17, 15) is 4.79 Å².